The summed E-state index contributed by atoms with van der Waals surface area (Å²) >= 11 is 7.98. The molecule has 0 amide bonds. The van der Waals surface area contributed by atoms with Gasteiger partial charge in [-0.3, -0.25) is 0 Å². The van der Waals surface area contributed by atoms with Crippen LogP contribution < -0.4 is 0 Å². The minimum absolute atomic E-state index is 0.0591. The summed E-state index contributed by atoms with van der Waals surface area (Å²) in [6.45, 7) is 0. The van der Waals surface area contributed by atoms with E-state index in [1.807, 2.05) is 42.5 Å². The Hall–Kier alpha value is -1.83. The molecule has 0 nitrogen and oxygen atoms in total. The van der Waals surface area contributed by atoms with E-state index < -0.39 is 0 Å². The van der Waals surface area contributed by atoms with Crippen LogP contribution in [0.5, 0.6) is 0 Å². The number of rotatable bonds is 1. The van der Waals surface area contributed by atoms with Gasteiger partial charge in [0.1, 0.15) is 0 Å². The van der Waals surface area contributed by atoms with Crippen molar-refractivity contribution in [3.8, 4) is 11.1 Å². The van der Waals surface area contributed by atoms with Crippen LogP contribution in [-0.4, -0.2) is 0 Å². The summed E-state index contributed by atoms with van der Waals surface area (Å²) in [5, 5.41) is 2.10. The second kappa shape index (κ2) is 4.62. The zero-order valence-corrected chi connectivity index (χ0v) is 11.9. The van der Waals surface area contributed by atoms with Crippen molar-refractivity contribution in [1.29, 1.82) is 0 Å². The van der Waals surface area contributed by atoms with Crippen LogP contribution in [0.25, 0.3) is 31.3 Å². The smallest absolute Gasteiger partial charge is 0.0639 e. The third-order valence-corrected chi connectivity index (χ3v) is 4.73. The minimum Gasteiger partial charge on any atom is -0.135 e. The van der Waals surface area contributed by atoms with E-state index >= 15 is 0 Å². The Morgan fingerprint density at radius 1 is 0.850 bits per heavy atom. The summed E-state index contributed by atoms with van der Waals surface area (Å²) < 4.78 is 34.2. The van der Waals surface area contributed by atoms with E-state index in [1.54, 1.807) is 11.3 Å². The van der Waals surface area contributed by atoms with Gasteiger partial charge >= 0.3 is 0 Å². The average Bonchev–Trinajstić information content (AvgIpc) is 2.98. The van der Waals surface area contributed by atoms with E-state index in [4.69, 9.17) is 17.1 Å². The first-order chi connectivity index (χ1) is 11.5. The van der Waals surface area contributed by atoms with Gasteiger partial charge in [-0.05, 0) is 23.7 Å². The van der Waals surface area contributed by atoms with E-state index in [-0.39, 0.29) is 29.2 Å². The van der Waals surface area contributed by atoms with Crippen molar-refractivity contribution in [2.24, 2.45) is 0 Å². The van der Waals surface area contributed by atoms with Gasteiger partial charge in [0.15, 0.2) is 0 Å². The molecule has 0 saturated carbocycles. The Labute approximate surface area is 131 Å². The van der Waals surface area contributed by atoms with E-state index in [2.05, 4.69) is 0 Å². The van der Waals surface area contributed by atoms with Crippen molar-refractivity contribution >= 4 is 43.1 Å². The van der Waals surface area contributed by atoms with Crippen molar-refractivity contribution in [2.45, 2.75) is 0 Å². The molecule has 0 bridgehead atoms. The first-order valence-electron chi connectivity index (χ1n) is 8.17. The van der Waals surface area contributed by atoms with Gasteiger partial charge in [0.2, 0.25) is 0 Å². The third-order valence-electron chi connectivity index (χ3n) is 3.31. The van der Waals surface area contributed by atoms with Crippen molar-refractivity contribution < 1.29 is 5.48 Å². The van der Waals surface area contributed by atoms with Crippen LogP contribution in [0.1, 0.15) is 5.48 Å². The molecule has 0 unspecified atom stereocenters. The fraction of sp³-hybridized carbons (Fsp3) is 0. The molecular weight excluding hydrogens is 284 g/mol. The van der Waals surface area contributed by atoms with Crippen LogP contribution in [0.3, 0.4) is 0 Å². The fourth-order valence-electron chi connectivity index (χ4n) is 2.47. The number of hydrogen-bond donors (Lipinski definition) is 0. The third kappa shape index (κ3) is 1.75. The molecule has 0 aliphatic rings. The first kappa shape index (κ1) is 8.46. The quantitative estimate of drug-likeness (QED) is 0.383. The number of hydrogen-bond acceptors (Lipinski definition) is 1. The minimum atomic E-state index is -0.309. The molecule has 0 aliphatic heterocycles. The molecule has 0 spiro atoms. The maximum absolute atomic E-state index is 8.28. The molecule has 0 saturated heterocycles. The number of benzene rings is 3. The van der Waals surface area contributed by atoms with E-state index in [1.165, 1.54) is 0 Å². The fourth-order valence-corrected chi connectivity index (χ4v) is 3.79. The predicted octanol–water partition coefficient (Wildman–Crippen LogP) is 6.37. The summed E-state index contributed by atoms with van der Waals surface area (Å²) in [5.41, 5.74) is 1.10. The molecule has 0 atom stereocenters. The maximum atomic E-state index is 8.28. The summed E-state index contributed by atoms with van der Waals surface area (Å²) in [7, 11) is 0. The molecule has 3 aromatic carbocycles. The lowest BCUT2D eigenvalue weighted by Gasteiger charge is -2.06. The lowest BCUT2D eigenvalue weighted by Crippen LogP contribution is -1.80. The van der Waals surface area contributed by atoms with Crippen LogP contribution in [0.15, 0.2) is 66.6 Å². The van der Waals surface area contributed by atoms with Gasteiger partial charge in [0.25, 0.3) is 0 Å². The normalized spacial score (nSPS) is 14.1. The highest BCUT2D eigenvalue weighted by Gasteiger charge is 2.11. The lowest BCUT2D eigenvalue weighted by molar-refractivity contribution is 1.67. The zero-order chi connectivity index (χ0) is 17.0. The number of thiophene rings is 1. The van der Waals surface area contributed by atoms with Crippen LogP contribution in [0, 0.1) is 0 Å². The molecule has 2 heteroatoms. The summed E-state index contributed by atoms with van der Waals surface area (Å²) in [6.07, 6.45) is 0. The highest BCUT2D eigenvalue weighted by molar-refractivity contribution is 7.25. The average molecular weight is 299 g/mol. The van der Waals surface area contributed by atoms with Gasteiger partial charge in [-0.2, -0.15) is 0 Å². The Bertz CT molecular complexity index is 1090. The van der Waals surface area contributed by atoms with Crippen LogP contribution in [0.4, 0.5) is 0 Å². The van der Waals surface area contributed by atoms with Crippen LogP contribution in [-0.2, 0) is 0 Å². The van der Waals surface area contributed by atoms with Gasteiger partial charge < -0.3 is 0 Å². The molecule has 0 N–H and O–H groups in total. The Balaban J connectivity index is 2.20. The second-order valence-electron chi connectivity index (χ2n) is 4.47. The van der Waals surface area contributed by atoms with E-state index in [0.29, 0.717) is 5.56 Å². The Morgan fingerprint density at radius 3 is 2.60 bits per heavy atom. The lowest BCUT2D eigenvalue weighted by atomic mass is 9.99. The van der Waals surface area contributed by atoms with Crippen molar-refractivity contribution in [1.82, 2.24) is 0 Å². The van der Waals surface area contributed by atoms with Gasteiger partial charge in [-0.15, -0.1) is 11.3 Å². The van der Waals surface area contributed by atoms with Gasteiger partial charge in [0.05, 0.1) is 5.48 Å². The Morgan fingerprint density at radius 2 is 1.65 bits per heavy atom. The highest BCUT2D eigenvalue weighted by atomic mass is 35.5. The highest BCUT2D eigenvalue weighted by Crippen LogP contribution is 2.41. The zero-order valence-electron chi connectivity index (χ0n) is 14.3. The van der Waals surface area contributed by atoms with Crippen LogP contribution in [0.2, 0.25) is 5.02 Å². The maximum Gasteiger partial charge on any atom is 0.0639 e. The molecule has 1 aromatic heterocycles. The summed E-state index contributed by atoms with van der Waals surface area (Å²) in [4.78, 5) is 0. The van der Waals surface area contributed by atoms with E-state index in [0.717, 1.165) is 25.7 Å². The van der Waals surface area contributed by atoms with Gasteiger partial charge in [0, 0.05) is 30.8 Å². The largest absolute Gasteiger partial charge is 0.135 e. The van der Waals surface area contributed by atoms with Gasteiger partial charge in [-0.25, -0.2) is 0 Å². The molecule has 1 heterocycles. The van der Waals surface area contributed by atoms with E-state index in [9.17, 15) is 0 Å². The standard InChI is InChI=1S/C18H11ClS/c19-15-9-3-1-6-12(15)13-8-5-11-17-18(13)14-7-2-4-10-16(14)20-17/h1-11H/i1D,3D,6D,9D. The van der Waals surface area contributed by atoms with Crippen molar-refractivity contribution in [3.05, 3.63) is 71.7 Å². The molecule has 4 aromatic rings. The summed E-state index contributed by atoms with van der Waals surface area (Å²) in [6, 6.07) is 12.9. The molecule has 0 radical (unpaired) electrons. The van der Waals surface area contributed by atoms with Crippen molar-refractivity contribution in [2.75, 3.05) is 0 Å². The number of fused-ring (bicyclic) bond motifs is 3. The molecular formula is C18H11ClS. The molecule has 96 valence electrons. The second-order valence-corrected chi connectivity index (χ2v) is 5.93. The molecule has 0 aliphatic carbocycles. The molecule has 0 fully saturated rings. The topological polar surface area (TPSA) is 0 Å². The molecule has 4 rings (SSSR count). The monoisotopic (exact) mass is 298 g/mol. The van der Waals surface area contributed by atoms with Gasteiger partial charge in [-0.1, -0.05) is 60.1 Å². The first-order valence-corrected chi connectivity index (χ1v) is 7.36. The Kier molecular flexibility index (Phi) is 1.95. The number of halogens is 1. The SMILES string of the molecule is [2H]c1c([2H])c([2H])c(-c2cccc3sc4ccccc4c23)c(Cl)c1[2H]. The predicted molar refractivity (Wildman–Crippen MR) is 89.8 cm³/mol. The molecule has 20 heavy (non-hydrogen) atoms. The van der Waals surface area contributed by atoms with Crippen LogP contribution >= 0.6 is 22.9 Å². The summed E-state index contributed by atoms with van der Waals surface area (Å²) in [5.74, 6) is 0. The van der Waals surface area contributed by atoms with Crippen molar-refractivity contribution in [3.63, 3.8) is 0 Å².